The van der Waals surface area contributed by atoms with E-state index in [1.54, 1.807) is 38.1 Å². The van der Waals surface area contributed by atoms with Crippen molar-refractivity contribution in [2.45, 2.75) is 32.9 Å². The topological polar surface area (TPSA) is 105 Å². The lowest BCUT2D eigenvalue weighted by molar-refractivity contribution is -0.140. The minimum absolute atomic E-state index is 0.0793. The van der Waals surface area contributed by atoms with Gasteiger partial charge in [0.15, 0.2) is 0 Å². The van der Waals surface area contributed by atoms with E-state index >= 15 is 0 Å². The first-order valence-electron chi connectivity index (χ1n) is 11.1. The molecule has 0 radical (unpaired) electrons. The Morgan fingerprint density at radius 2 is 1.80 bits per heavy atom. The van der Waals surface area contributed by atoms with Gasteiger partial charge in [-0.25, -0.2) is 8.42 Å². The summed E-state index contributed by atoms with van der Waals surface area (Å²) in [4.78, 5) is 27.9. The molecule has 9 nitrogen and oxygen atoms in total. The molecule has 0 aliphatic carbocycles. The molecule has 2 amide bonds. The van der Waals surface area contributed by atoms with Gasteiger partial charge in [-0.05, 0) is 49.2 Å². The zero-order valence-electron chi connectivity index (χ0n) is 20.6. The highest BCUT2D eigenvalue weighted by atomic mass is 35.5. The first kappa shape index (κ1) is 28.3. The number of sulfonamides is 1. The minimum Gasteiger partial charge on any atom is -0.497 e. The summed E-state index contributed by atoms with van der Waals surface area (Å²) in [5.74, 6) is -0.0408. The highest BCUT2D eigenvalue weighted by molar-refractivity contribution is 7.92. The van der Waals surface area contributed by atoms with Gasteiger partial charge in [-0.2, -0.15) is 0 Å². The van der Waals surface area contributed by atoms with Gasteiger partial charge in [0.2, 0.25) is 21.8 Å². The lowest BCUT2D eigenvalue weighted by Crippen LogP contribution is -2.52. The van der Waals surface area contributed by atoms with Crippen LogP contribution in [0.25, 0.3) is 0 Å². The summed E-state index contributed by atoms with van der Waals surface area (Å²) in [7, 11) is -0.985. The summed E-state index contributed by atoms with van der Waals surface area (Å²) in [6.45, 7) is 3.51. The van der Waals surface area contributed by atoms with Gasteiger partial charge in [0.1, 0.15) is 24.1 Å². The monoisotopic (exact) mass is 525 g/mol. The Morgan fingerprint density at radius 3 is 2.37 bits per heavy atom. The second kappa shape index (κ2) is 12.6. The molecule has 1 N–H and O–H groups in total. The summed E-state index contributed by atoms with van der Waals surface area (Å²) in [6, 6.07) is 10.8. The molecule has 0 unspecified atom stereocenters. The molecule has 0 aliphatic heterocycles. The normalized spacial score (nSPS) is 11.9. The molecule has 2 rings (SSSR count). The van der Waals surface area contributed by atoms with Crippen LogP contribution in [0, 0.1) is 0 Å². The predicted octanol–water partition coefficient (Wildman–Crippen LogP) is 3.07. The smallest absolute Gasteiger partial charge is 0.244 e. The lowest BCUT2D eigenvalue weighted by Gasteiger charge is -2.33. The first-order chi connectivity index (χ1) is 16.5. The van der Waals surface area contributed by atoms with Crippen molar-refractivity contribution in [2.24, 2.45) is 0 Å². The standard InChI is InChI=1S/C24H32ClN3O6S/c1-6-20(24(30)26-7-2)27(15-17-9-8-10-19(13-17)33-3)23(29)16-28(35(5,31)32)21-14-18(25)11-12-22(21)34-4/h8-14,20H,6-7,15-16H2,1-5H3,(H,26,30)/t20-/m0/s1. The molecule has 11 heteroatoms. The van der Waals surface area contributed by atoms with E-state index in [2.05, 4.69) is 5.32 Å². The van der Waals surface area contributed by atoms with E-state index in [0.29, 0.717) is 18.7 Å². The summed E-state index contributed by atoms with van der Waals surface area (Å²) in [5.41, 5.74) is 0.856. The van der Waals surface area contributed by atoms with Crippen molar-refractivity contribution in [1.29, 1.82) is 0 Å². The van der Waals surface area contributed by atoms with Crippen molar-refractivity contribution in [3.05, 3.63) is 53.1 Å². The molecule has 0 heterocycles. The number of likely N-dealkylation sites (N-methyl/N-ethyl adjacent to an activating group) is 1. The van der Waals surface area contributed by atoms with Gasteiger partial charge >= 0.3 is 0 Å². The SMILES string of the molecule is CCNC(=O)[C@H](CC)N(Cc1cccc(OC)c1)C(=O)CN(c1cc(Cl)ccc1OC)S(C)(=O)=O. The van der Waals surface area contributed by atoms with Crippen molar-refractivity contribution in [3.63, 3.8) is 0 Å². The van der Waals surface area contributed by atoms with Crippen molar-refractivity contribution < 1.29 is 27.5 Å². The number of hydrogen-bond donors (Lipinski definition) is 1. The van der Waals surface area contributed by atoms with Gasteiger partial charge in [0, 0.05) is 18.1 Å². The molecule has 192 valence electrons. The molecule has 0 fully saturated rings. The van der Waals surface area contributed by atoms with Crippen LogP contribution in [0.1, 0.15) is 25.8 Å². The van der Waals surface area contributed by atoms with Crippen molar-refractivity contribution >= 4 is 39.1 Å². The quantitative estimate of drug-likeness (QED) is 0.456. The third-order valence-electron chi connectivity index (χ3n) is 5.31. The van der Waals surface area contributed by atoms with Crippen molar-refractivity contribution in [3.8, 4) is 11.5 Å². The van der Waals surface area contributed by atoms with Crippen LogP contribution in [0.4, 0.5) is 5.69 Å². The summed E-state index contributed by atoms with van der Waals surface area (Å²) in [6.07, 6.45) is 1.33. The molecule has 1 atom stereocenters. The highest BCUT2D eigenvalue weighted by Gasteiger charge is 2.32. The summed E-state index contributed by atoms with van der Waals surface area (Å²) < 4.78 is 37.0. The fraction of sp³-hybridized carbons (Fsp3) is 0.417. The molecule has 0 saturated heterocycles. The fourth-order valence-corrected chi connectivity index (χ4v) is 4.64. The number of anilines is 1. The second-order valence-corrected chi connectivity index (χ2v) is 10.1. The Balaban J connectivity index is 2.51. The summed E-state index contributed by atoms with van der Waals surface area (Å²) in [5, 5.41) is 3.04. The maximum absolute atomic E-state index is 13.7. The third kappa shape index (κ3) is 7.50. The molecule has 2 aromatic rings. The number of nitrogens with one attached hydrogen (secondary N) is 1. The van der Waals surface area contributed by atoms with Crippen LogP contribution < -0.4 is 19.1 Å². The first-order valence-corrected chi connectivity index (χ1v) is 13.3. The van der Waals surface area contributed by atoms with E-state index in [-0.39, 0.29) is 28.9 Å². The lowest BCUT2D eigenvalue weighted by atomic mass is 10.1. The molecule has 0 spiro atoms. The van der Waals surface area contributed by atoms with Gasteiger partial charge in [-0.1, -0.05) is 30.7 Å². The van der Waals surface area contributed by atoms with Crippen LogP contribution in [0.5, 0.6) is 11.5 Å². The molecule has 0 saturated carbocycles. The zero-order valence-corrected chi connectivity index (χ0v) is 22.1. The number of benzene rings is 2. The molecular weight excluding hydrogens is 494 g/mol. The molecule has 2 aromatic carbocycles. The van der Waals surface area contributed by atoms with Crippen LogP contribution in [-0.4, -0.2) is 64.7 Å². The van der Waals surface area contributed by atoms with Crippen LogP contribution in [0.3, 0.4) is 0 Å². The van der Waals surface area contributed by atoms with Crippen LogP contribution >= 0.6 is 11.6 Å². The number of carbonyl (C=O) groups excluding carboxylic acids is 2. The van der Waals surface area contributed by atoms with Crippen LogP contribution in [0.15, 0.2) is 42.5 Å². The van der Waals surface area contributed by atoms with Crippen LogP contribution in [-0.2, 0) is 26.2 Å². The molecular formula is C24H32ClN3O6S. The van der Waals surface area contributed by atoms with Crippen molar-refractivity contribution in [1.82, 2.24) is 10.2 Å². The number of halogens is 1. The van der Waals surface area contributed by atoms with Gasteiger partial charge in [-0.3, -0.25) is 13.9 Å². The highest BCUT2D eigenvalue weighted by Crippen LogP contribution is 2.33. The predicted molar refractivity (Wildman–Crippen MR) is 137 cm³/mol. The maximum atomic E-state index is 13.7. The van der Waals surface area contributed by atoms with Gasteiger partial charge < -0.3 is 19.7 Å². The number of rotatable bonds is 12. The average molecular weight is 526 g/mol. The Morgan fingerprint density at radius 1 is 1.09 bits per heavy atom. The van der Waals surface area contributed by atoms with Crippen molar-refractivity contribution in [2.75, 3.05) is 37.9 Å². The second-order valence-electron chi connectivity index (χ2n) is 7.78. The Bertz CT molecular complexity index is 1140. The van der Waals surface area contributed by atoms with E-state index in [1.807, 2.05) is 6.07 Å². The van der Waals surface area contributed by atoms with E-state index < -0.39 is 28.5 Å². The number of ether oxygens (including phenoxy) is 2. The Labute approximate surface area is 212 Å². The summed E-state index contributed by atoms with van der Waals surface area (Å²) >= 11 is 6.11. The van der Waals surface area contributed by atoms with Gasteiger partial charge in [0.25, 0.3) is 0 Å². The van der Waals surface area contributed by atoms with E-state index in [1.165, 1.54) is 31.3 Å². The number of nitrogens with zero attached hydrogens (tertiary/aromatic N) is 2. The average Bonchev–Trinajstić information content (AvgIpc) is 2.81. The number of carbonyl (C=O) groups is 2. The molecule has 0 aromatic heterocycles. The van der Waals surface area contributed by atoms with E-state index in [0.717, 1.165) is 16.1 Å². The third-order valence-corrected chi connectivity index (χ3v) is 6.67. The largest absolute Gasteiger partial charge is 0.497 e. The van der Waals surface area contributed by atoms with Crippen LogP contribution in [0.2, 0.25) is 5.02 Å². The molecule has 0 aliphatic rings. The minimum atomic E-state index is -3.92. The Kier molecular flexibility index (Phi) is 10.2. The number of hydrogen-bond acceptors (Lipinski definition) is 6. The fourth-order valence-electron chi connectivity index (χ4n) is 3.63. The zero-order chi connectivity index (χ0) is 26.2. The Hall–Kier alpha value is -2.98. The van der Waals surface area contributed by atoms with Gasteiger partial charge in [0.05, 0.1) is 26.2 Å². The van der Waals surface area contributed by atoms with Gasteiger partial charge in [-0.15, -0.1) is 0 Å². The number of amides is 2. The van der Waals surface area contributed by atoms with E-state index in [4.69, 9.17) is 21.1 Å². The molecule has 0 bridgehead atoms. The maximum Gasteiger partial charge on any atom is 0.244 e. The number of methoxy groups -OCH3 is 2. The molecule has 35 heavy (non-hydrogen) atoms. The van der Waals surface area contributed by atoms with E-state index in [9.17, 15) is 18.0 Å².